The Bertz CT molecular complexity index is 511. The second-order valence-electron chi connectivity index (χ2n) is 4.25. The molecule has 0 fully saturated rings. The number of thiophene rings is 1. The third-order valence-corrected chi connectivity index (χ3v) is 3.83. The van der Waals surface area contributed by atoms with Crippen LogP contribution in [0, 0.1) is 0 Å². The molecule has 0 unspecified atom stereocenters. The van der Waals surface area contributed by atoms with Crippen LogP contribution in [-0.2, 0) is 13.1 Å². The van der Waals surface area contributed by atoms with Crippen LogP contribution in [0.5, 0.6) is 5.75 Å². The van der Waals surface area contributed by atoms with Crippen LogP contribution in [0.2, 0.25) is 0 Å². The van der Waals surface area contributed by atoms with Crippen LogP contribution >= 0.6 is 11.3 Å². The molecular weight excluding hydrogens is 244 g/mol. The quantitative estimate of drug-likeness (QED) is 0.887. The fourth-order valence-corrected chi connectivity index (χ4v) is 2.78. The van der Waals surface area contributed by atoms with E-state index in [0.29, 0.717) is 0 Å². The van der Waals surface area contributed by atoms with Crippen molar-refractivity contribution in [2.24, 2.45) is 0 Å². The Morgan fingerprint density at radius 2 is 2.22 bits per heavy atom. The fraction of sp³-hybridized carbons (Fsp3) is 0.286. The zero-order chi connectivity index (χ0) is 12.2. The van der Waals surface area contributed by atoms with Gasteiger partial charge in [-0.1, -0.05) is 18.2 Å². The average molecular weight is 260 g/mol. The van der Waals surface area contributed by atoms with E-state index in [-0.39, 0.29) is 0 Å². The van der Waals surface area contributed by atoms with Gasteiger partial charge in [0, 0.05) is 30.1 Å². The van der Waals surface area contributed by atoms with Gasteiger partial charge < -0.3 is 15.4 Å². The lowest BCUT2D eigenvalue weighted by molar-refractivity contribution is 0.319. The number of rotatable bonds is 4. The molecule has 1 aliphatic heterocycles. The van der Waals surface area contributed by atoms with Crippen molar-refractivity contribution < 1.29 is 4.74 Å². The molecule has 94 valence electrons. The van der Waals surface area contributed by atoms with E-state index in [9.17, 15) is 0 Å². The third kappa shape index (κ3) is 2.49. The van der Waals surface area contributed by atoms with Gasteiger partial charge in [-0.25, -0.2) is 0 Å². The number of para-hydroxylation sites is 1. The number of fused-ring (bicyclic) bond motifs is 1. The Morgan fingerprint density at radius 3 is 3.11 bits per heavy atom. The van der Waals surface area contributed by atoms with Gasteiger partial charge in [0.25, 0.3) is 0 Å². The van der Waals surface area contributed by atoms with E-state index < -0.39 is 0 Å². The van der Waals surface area contributed by atoms with E-state index >= 15 is 0 Å². The fourth-order valence-electron chi connectivity index (χ4n) is 2.11. The molecule has 2 aromatic rings. The SMILES string of the molecule is c1csc(CNCc2cccc3c2OCCN3)c1. The Labute approximate surface area is 111 Å². The smallest absolute Gasteiger partial charge is 0.146 e. The molecule has 0 spiro atoms. The predicted molar refractivity (Wildman–Crippen MR) is 75.3 cm³/mol. The van der Waals surface area contributed by atoms with E-state index in [1.54, 1.807) is 11.3 Å². The Kier molecular flexibility index (Phi) is 3.48. The molecule has 0 saturated heterocycles. The third-order valence-electron chi connectivity index (χ3n) is 2.96. The molecule has 1 aliphatic rings. The maximum absolute atomic E-state index is 5.74. The van der Waals surface area contributed by atoms with Crippen LogP contribution in [0.4, 0.5) is 5.69 Å². The molecule has 0 atom stereocenters. The lowest BCUT2D eigenvalue weighted by Crippen LogP contribution is -2.20. The summed E-state index contributed by atoms with van der Waals surface area (Å²) in [6.45, 7) is 3.38. The van der Waals surface area contributed by atoms with Gasteiger partial charge in [-0.05, 0) is 17.5 Å². The number of hydrogen-bond donors (Lipinski definition) is 2. The monoisotopic (exact) mass is 260 g/mol. The zero-order valence-corrected chi connectivity index (χ0v) is 10.9. The summed E-state index contributed by atoms with van der Waals surface area (Å²) in [6.07, 6.45) is 0. The van der Waals surface area contributed by atoms with E-state index in [4.69, 9.17) is 4.74 Å². The highest BCUT2D eigenvalue weighted by Gasteiger charge is 2.13. The number of benzene rings is 1. The first-order valence-corrected chi connectivity index (χ1v) is 7.03. The summed E-state index contributed by atoms with van der Waals surface area (Å²) < 4.78 is 5.74. The standard InChI is InChI=1S/C14H16N2OS/c1-3-11(9-15-10-12-4-2-8-18-12)14-13(5-1)16-6-7-17-14/h1-5,8,15-16H,6-7,9-10H2. The minimum atomic E-state index is 0.745. The van der Waals surface area contributed by atoms with Gasteiger partial charge in [-0.2, -0.15) is 0 Å². The number of nitrogens with one attached hydrogen (secondary N) is 2. The average Bonchev–Trinajstić information content (AvgIpc) is 2.92. The Hall–Kier alpha value is -1.52. The van der Waals surface area contributed by atoms with Crippen molar-refractivity contribution in [3.8, 4) is 5.75 Å². The molecule has 4 heteroatoms. The number of anilines is 1. The zero-order valence-electron chi connectivity index (χ0n) is 10.1. The van der Waals surface area contributed by atoms with E-state index in [1.807, 2.05) is 0 Å². The van der Waals surface area contributed by atoms with Crippen molar-refractivity contribution in [2.75, 3.05) is 18.5 Å². The largest absolute Gasteiger partial charge is 0.489 e. The number of hydrogen-bond acceptors (Lipinski definition) is 4. The van der Waals surface area contributed by atoms with Crippen LogP contribution < -0.4 is 15.4 Å². The normalized spacial score (nSPS) is 13.6. The topological polar surface area (TPSA) is 33.3 Å². The summed E-state index contributed by atoms with van der Waals surface area (Å²) >= 11 is 1.78. The molecule has 0 amide bonds. The van der Waals surface area contributed by atoms with Crippen molar-refractivity contribution in [3.63, 3.8) is 0 Å². The molecule has 18 heavy (non-hydrogen) atoms. The summed E-state index contributed by atoms with van der Waals surface area (Å²) in [5.41, 5.74) is 2.33. The van der Waals surface area contributed by atoms with E-state index in [0.717, 1.165) is 37.7 Å². The van der Waals surface area contributed by atoms with Gasteiger partial charge in [-0.15, -0.1) is 11.3 Å². The Morgan fingerprint density at radius 1 is 1.22 bits per heavy atom. The van der Waals surface area contributed by atoms with Crippen molar-refractivity contribution in [1.29, 1.82) is 0 Å². The second kappa shape index (κ2) is 5.42. The highest BCUT2D eigenvalue weighted by Crippen LogP contribution is 2.31. The van der Waals surface area contributed by atoms with Crippen molar-refractivity contribution in [1.82, 2.24) is 5.32 Å². The molecule has 0 bridgehead atoms. The van der Waals surface area contributed by atoms with Gasteiger partial charge in [-0.3, -0.25) is 0 Å². The first-order chi connectivity index (χ1) is 8.93. The Balaban J connectivity index is 1.65. The van der Waals surface area contributed by atoms with Crippen molar-refractivity contribution >= 4 is 17.0 Å². The molecule has 3 rings (SSSR count). The minimum Gasteiger partial charge on any atom is -0.489 e. The maximum atomic E-state index is 5.74. The molecule has 0 saturated carbocycles. The highest BCUT2D eigenvalue weighted by molar-refractivity contribution is 7.09. The maximum Gasteiger partial charge on any atom is 0.146 e. The lowest BCUT2D eigenvalue weighted by atomic mass is 10.1. The van der Waals surface area contributed by atoms with Crippen molar-refractivity contribution in [3.05, 3.63) is 46.2 Å². The van der Waals surface area contributed by atoms with E-state index in [1.165, 1.54) is 10.4 Å². The first kappa shape index (κ1) is 11.6. The van der Waals surface area contributed by atoms with Gasteiger partial charge in [0.1, 0.15) is 12.4 Å². The number of ether oxygens (including phenoxy) is 1. The summed E-state index contributed by atoms with van der Waals surface area (Å²) in [5, 5.41) is 8.92. The van der Waals surface area contributed by atoms with Gasteiger partial charge in [0.05, 0.1) is 5.69 Å². The lowest BCUT2D eigenvalue weighted by Gasteiger charge is -2.21. The molecule has 1 aromatic carbocycles. The van der Waals surface area contributed by atoms with Crippen LogP contribution in [0.25, 0.3) is 0 Å². The molecular formula is C14H16N2OS. The van der Waals surface area contributed by atoms with Gasteiger partial charge in [0.15, 0.2) is 0 Å². The summed E-state index contributed by atoms with van der Waals surface area (Å²) in [4.78, 5) is 1.36. The van der Waals surface area contributed by atoms with Crippen LogP contribution in [0.15, 0.2) is 35.7 Å². The first-order valence-electron chi connectivity index (χ1n) is 6.15. The highest BCUT2D eigenvalue weighted by atomic mass is 32.1. The summed E-state index contributed by atoms with van der Waals surface area (Å²) in [7, 11) is 0. The molecule has 0 aliphatic carbocycles. The van der Waals surface area contributed by atoms with Gasteiger partial charge in [0.2, 0.25) is 0 Å². The van der Waals surface area contributed by atoms with E-state index in [2.05, 4.69) is 46.3 Å². The molecule has 2 heterocycles. The summed E-state index contributed by atoms with van der Waals surface area (Å²) in [5.74, 6) is 1.00. The predicted octanol–water partition coefficient (Wildman–Crippen LogP) is 2.84. The van der Waals surface area contributed by atoms with Crippen LogP contribution in [0.3, 0.4) is 0 Å². The molecule has 0 radical (unpaired) electrons. The molecule has 1 aromatic heterocycles. The second-order valence-corrected chi connectivity index (χ2v) is 5.28. The molecule has 2 N–H and O–H groups in total. The molecule has 3 nitrogen and oxygen atoms in total. The van der Waals surface area contributed by atoms with Crippen LogP contribution in [-0.4, -0.2) is 13.2 Å². The van der Waals surface area contributed by atoms with Gasteiger partial charge >= 0.3 is 0 Å². The van der Waals surface area contributed by atoms with Crippen LogP contribution in [0.1, 0.15) is 10.4 Å². The minimum absolute atomic E-state index is 0.745. The van der Waals surface area contributed by atoms with Crippen molar-refractivity contribution in [2.45, 2.75) is 13.1 Å². The summed E-state index contributed by atoms with van der Waals surface area (Å²) in [6, 6.07) is 10.5.